The van der Waals surface area contributed by atoms with Gasteiger partial charge in [0.2, 0.25) is 0 Å². The molecule has 2 N–H and O–H groups in total. The minimum absolute atomic E-state index is 0.124. The molecule has 0 amide bonds. The van der Waals surface area contributed by atoms with E-state index in [9.17, 15) is 4.79 Å². The first-order valence-corrected chi connectivity index (χ1v) is 6.01. The van der Waals surface area contributed by atoms with E-state index in [-0.39, 0.29) is 5.56 Å². The topological polar surface area (TPSA) is 57.8 Å². The molecule has 0 bridgehead atoms. The van der Waals surface area contributed by atoms with Gasteiger partial charge < -0.3 is 10.3 Å². The molecular weight excluding hydrogens is 226 g/mol. The van der Waals surface area contributed by atoms with Crippen molar-refractivity contribution in [2.24, 2.45) is 0 Å². The molecule has 2 aromatic rings. The Labute approximate surface area is 106 Å². The molecule has 0 aliphatic rings. The van der Waals surface area contributed by atoms with Gasteiger partial charge in [-0.25, -0.2) is 4.98 Å². The maximum Gasteiger partial charge on any atom is 0.252 e. The fourth-order valence-electron chi connectivity index (χ4n) is 1.89. The molecule has 1 heterocycles. The first kappa shape index (κ1) is 12.4. The van der Waals surface area contributed by atoms with Gasteiger partial charge in [-0.2, -0.15) is 0 Å². The third-order valence-corrected chi connectivity index (χ3v) is 2.82. The highest BCUT2D eigenvalue weighted by molar-refractivity contribution is 5.34. The maximum absolute atomic E-state index is 11.3. The van der Waals surface area contributed by atoms with Gasteiger partial charge in [0.15, 0.2) is 0 Å². The average molecular weight is 243 g/mol. The van der Waals surface area contributed by atoms with E-state index in [1.54, 1.807) is 6.92 Å². The van der Waals surface area contributed by atoms with E-state index in [1.807, 2.05) is 12.1 Å². The van der Waals surface area contributed by atoms with E-state index in [4.69, 9.17) is 0 Å². The van der Waals surface area contributed by atoms with Crippen molar-refractivity contribution in [2.45, 2.75) is 20.3 Å². The second-order valence-electron chi connectivity index (χ2n) is 4.32. The molecular formula is C14H17N3O. The normalized spacial score (nSPS) is 10.3. The zero-order valence-corrected chi connectivity index (χ0v) is 10.7. The molecule has 0 unspecified atom stereocenters. The van der Waals surface area contributed by atoms with Crippen molar-refractivity contribution in [3.63, 3.8) is 0 Å². The first-order valence-electron chi connectivity index (χ1n) is 6.01. The van der Waals surface area contributed by atoms with E-state index in [0.717, 1.165) is 13.0 Å². The standard InChI is InChI=1S/C14H17N3O/c1-10-5-3-4-6-12(10)7-8-15-13-9-14(18)17-11(2)16-13/h3-6,9H,7-8H2,1-2H3,(H2,15,16,17,18). The number of hydrogen-bond acceptors (Lipinski definition) is 3. The van der Waals surface area contributed by atoms with Gasteiger partial charge >= 0.3 is 0 Å². The summed E-state index contributed by atoms with van der Waals surface area (Å²) >= 11 is 0. The van der Waals surface area contributed by atoms with Gasteiger partial charge in [0.05, 0.1) is 0 Å². The van der Waals surface area contributed by atoms with Crippen LogP contribution < -0.4 is 10.9 Å². The van der Waals surface area contributed by atoms with Gasteiger partial charge in [0.25, 0.3) is 5.56 Å². The van der Waals surface area contributed by atoms with Crippen LogP contribution in [0.1, 0.15) is 17.0 Å². The highest BCUT2D eigenvalue weighted by Gasteiger charge is 1.99. The third kappa shape index (κ3) is 3.20. The van der Waals surface area contributed by atoms with Crippen LogP contribution in [0.2, 0.25) is 0 Å². The zero-order chi connectivity index (χ0) is 13.0. The van der Waals surface area contributed by atoms with E-state index >= 15 is 0 Å². The van der Waals surface area contributed by atoms with E-state index in [0.29, 0.717) is 11.6 Å². The van der Waals surface area contributed by atoms with Crippen molar-refractivity contribution in [3.05, 3.63) is 57.6 Å². The smallest absolute Gasteiger partial charge is 0.252 e. The first-order chi connectivity index (χ1) is 8.65. The van der Waals surface area contributed by atoms with Crippen LogP contribution in [0.3, 0.4) is 0 Å². The molecule has 0 spiro atoms. The molecule has 1 aromatic heterocycles. The third-order valence-electron chi connectivity index (χ3n) is 2.82. The second kappa shape index (κ2) is 5.49. The second-order valence-corrected chi connectivity index (χ2v) is 4.32. The van der Waals surface area contributed by atoms with Crippen molar-refractivity contribution in [3.8, 4) is 0 Å². The highest BCUT2D eigenvalue weighted by Crippen LogP contribution is 2.08. The Hall–Kier alpha value is -2.10. The summed E-state index contributed by atoms with van der Waals surface area (Å²) in [5.74, 6) is 1.26. The summed E-state index contributed by atoms with van der Waals surface area (Å²) in [6.07, 6.45) is 0.917. The summed E-state index contributed by atoms with van der Waals surface area (Å²) < 4.78 is 0. The van der Waals surface area contributed by atoms with Gasteiger partial charge in [0, 0.05) is 12.6 Å². The van der Waals surface area contributed by atoms with E-state index in [1.165, 1.54) is 17.2 Å². The summed E-state index contributed by atoms with van der Waals surface area (Å²) in [6.45, 7) is 4.64. The summed E-state index contributed by atoms with van der Waals surface area (Å²) in [5, 5.41) is 3.17. The van der Waals surface area contributed by atoms with Gasteiger partial charge in [-0.05, 0) is 31.4 Å². The minimum Gasteiger partial charge on any atom is -0.370 e. The number of benzene rings is 1. The quantitative estimate of drug-likeness (QED) is 0.864. The van der Waals surface area contributed by atoms with Gasteiger partial charge in [-0.15, -0.1) is 0 Å². The SMILES string of the molecule is Cc1nc(NCCc2ccccc2C)cc(=O)[nH]1. The minimum atomic E-state index is -0.124. The number of aromatic nitrogens is 2. The molecule has 0 saturated carbocycles. The molecule has 18 heavy (non-hydrogen) atoms. The summed E-state index contributed by atoms with van der Waals surface area (Å²) in [6, 6.07) is 9.77. The molecule has 0 radical (unpaired) electrons. The van der Waals surface area contributed by atoms with Crippen LogP contribution >= 0.6 is 0 Å². The Bertz CT molecular complexity index is 590. The van der Waals surface area contributed by atoms with Crippen molar-refractivity contribution in [2.75, 3.05) is 11.9 Å². The van der Waals surface area contributed by atoms with Crippen LogP contribution in [0.4, 0.5) is 5.82 Å². The number of anilines is 1. The lowest BCUT2D eigenvalue weighted by Gasteiger charge is -2.07. The van der Waals surface area contributed by atoms with Crippen LogP contribution in [0, 0.1) is 13.8 Å². The van der Waals surface area contributed by atoms with Gasteiger partial charge in [-0.1, -0.05) is 24.3 Å². The van der Waals surface area contributed by atoms with Gasteiger partial charge in [-0.3, -0.25) is 4.79 Å². The number of nitrogens with zero attached hydrogens (tertiary/aromatic N) is 1. The number of nitrogens with one attached hydrogen (secondary N) is 2. The summed E-state index contributed by atoms with van der Waals surface area (Å²) in [7, 11) is 0. The average Bonchev–Trinajstić information content (AvgIpc) is 2.30. The maximum atomic E-state index is 11.3. The Morgan fingerprint density at radius 1 is 1.28 bits per heavy atom. The van der Waals surface area contributed by atoms with Crippen LogP contribution in [-0.4, -0.2) is 16.5 Å². The number of aromatic amines is 1. The number of rotatable bonds is 4. The molecule has 94 valence electrons. The van der Waals surface area contributed by atoms with Crippen LogP contribution in [0.15, 0.2) is 35.1 Å². The zero-order valence-electron chi connectivity index (χ0n) is 10.7. The Kier molecular flexibility index (Phi) is 3.77. The fraction of sp³-hybridized carbons (Fsp3) is 0.286. The Morgan fingerprint density at radius 2 is 2.06 bits per heavy atom. The Balaban J connectivity index is 1.96. The number of hydrogen-bond donors (Lipinski definition) is 2. The summed E-state index contributed by atoms with van der Waals surface area (Å²) in [5.41, 5.74) is 2.47. The lowest BCUT2D eigenvalue weighted by atomic mass is 10.1. The molecule has 2 rings (SSSR count). The highest BCUT2D eigenvalue weighted by atomic mass is 16.1. The molecule has 4 nitrogen and oxygen atoms in total. The molecule has 0 atom stereocenters. The van der Waals surface area contributed by atoms with Crippen molar-refractivity contribution in [1.29, 1.82) is 0 Å². The monoisotopic (exact) mass is 243 g/mol. The fourth-order valence-corrected chi connectivity index (χ4v) is 1.89. The molecule has 0 fully saturated rings. The largest absolute Gasteiger partial charge is 0.370 e. The van der Waals surface area contributed by atoms with Crippen LogP contribution in [-0.2, 0) is 6.42 Å². The molecule has 0 aliphatic heterocycles. The molecule has 0 aliphatic carbocycles. The lowest BCUT2D eigenvalue weighted by Crippen LogP contribution is -2.13. The van der Waals surface area contributed by atoms with Gasteiger partial charge in [0.1, 0.15) is 11.6 Å². The predicted octanol–water partition coefficient (Wildman–Crippen LogP) is 2.04. The van der Waals surface area contributed by atoms with E-state index < -0.39 is 0 Å². The van der Waals surface area contributed by atoms with E-state index in [2.05, 4.69) is 34.3 Å². The lowest BCUT2D eigenvalue weighted by molar-refractivity contribution is 0.963. The molecule has 4 heteroatoms. The van der Waals surface area contributed by atoms with Crippen LogP contribution in [0.25, 0.3) is 0 Å². The number of H-pyrrole nitrogens is 1. The summed E-state index contributed by atoms with van der Waals surface area (Å²) in [4.78, 5) is 18.1. The predicted molar refractivity (Wildman–Crippen MR) is 73.0 cm³/mol. The molecule has 0 saturated heterocycles. The Morgan fingerprint density at radius 3 is 2.78 bits per heavy atom. The molecule has 1 aromatic carbocycles. The van der Waals surface area contributed by atoms with Crippen molar-refractivity contribution < 1.29 is 0 Å². The van der Waals surface area contributed by atoms with Crippen LogP contribution in [0.5, 0.6) is 0 Å². The van der Waals surface area contributed by atoms with Crippen molar-refractivity contribution >= 4 is 5.82 Å². The van der Waals surface area contributed by atoms with Crippen molar-refractivity contribution in [1.82, 2.24) is 9.97 Å². The number of aryl methyl sites for hydroxylation is 2.